The van der Waals surface area contributed by atoms with Gasteiger partial charge < -0.3 is 4.74 Å². The average molecular weight is 210 g/mol. The van der Waals surface area contributed by atoms with Gasteiger partial charge in [-0.2, -0.15) is 0 Å². The van der Waals surface area contributed by atoms with Crippen LogP contribution in [0.15, 0.2) is 24.3 Å². The summed E-state index contributed by atoms with van der Waals surface area (Å²) in [5.74, 6) is 0.874. The van der Waals surface area contributed by atoms with Crippen LogP contribution in [0.3, 0.4) is 0 Å². The second-order valence-corrected chi connectivity index (χ2v) is 4.64. The van der Waals surface area contributed by atoms with Crippen molar-refractivity contribution in [1.82, 2.24) is 0 Å². The Morgan fingerprint density at radius 1 is 1.20 bits per heavy atom. The van der Waals surface area contributed by atoms with Crippen molar-refractivity contribution in [2.75, 3.05) is 13.3 Å². The van der Waals surface area contributed by atoms with Gasteiger partial charge in [0.25, 0.3) is 0 Å². The number of benzene rings is 1. The van der Waals surface area contributed by atoms with Crippen molar-refractivity contribution in [1.29, 1.82) is 0 Å². The zero-order valence-electron chi connectivity index (χ0n) is 9.72. The molecule has 0 heterocycles. The number of para-hydroxylation sites is 1. The molecule has 0 saturated heterocycles. The topological polar surface area (TPSA) is 9.23 Å². The summed E-state index contributed by atoms with van der Waals surface area (Å²) in [6, 6.07) is 7.95. The van der Waals surface area contributed by atoms with Gasteiger partial charge >= 0.3 is 0 Å². The quantitative estimate of drug-likeness (QED) is 0.688. The molecule has 0 aromatic heterocycles. The first-order chi connectivity index (χ1) is 7.05. The fourth-order valence-electron chi connectivity index (χ4n) is 1.45. The second-order valence-electron chi connectivity index (χ2n) is 4.64. The van der Waals surface area contributed by atoms with E-state index in [2.05, 4.69) is 26.8 Å². The molecule has 15 heavy (non-hydrogen) atoms. The molecule has 1 nitrogen and oxygen atoms in total. The van der Waals surface area contributed by atoms with Gasteiger partial charge in [0, 0.05) is 6.42 Å². The normalized spacial score (nSPS) is 11.5. The van der Waals surface area contributed by atoms with E-state index in [9.17, 15) is 4.39 Å². The molecule has 2 heteroatoms. The summed E-state index contributed by atoms with van der Waals surface area (Å²) in [4.78, 5) is 0. The Kier molecular flexibility index (Phi) is 4.13. The van der Waals surface area contributed by atoms with Gasteiger partial charge in [0.05, 0.1) is 13.3 Å². The summed E-state index contributed by atoms with van der Waals surface area (Å²) in [5, 5.41) is 0. The lowest BCUT2D eigenvalue weighted by molar-refractivity contribution is 0.283. The highest BCUT2D eigenvalue weighted by Gasteiger charge is 2.17. The number of ether oxygens (including phenoxy) is 1. The Balaban J connectivity index is 2.78. The van der Waals surface area contributed by atoms with Crippen molar-refractivity contribution < 1.29 is 9.13 Å². The minimum absolute atomic E-state index is 0.0618. The van der Waals surface area contributed by atoms with Crippen LogP contribution in [0.25, 0.3) is 0 Å². The molecule has 0 unspecified atom stereocenters. The Morgan fingerprint density at radius 3 is 2.47 bits per heavy atom. The summed E-state index contributed by atoms with van der Waals surface area (Å²) < 4.78 is 17.5. The van der Waals surface area contributed by atoms with Crippen molar-refractivity contribution in [3.8, 4) is 5.75 Å². The van der Waals surface area contributed by atoms with Crippen molar-refractivity contribution in [2.24, 2.45) is 0 Å². The molecule has 0 fully saturated rings. The Labute approximate surface area is 91.3 Å². The molecule has 0 N–H and O–H groups in total. The fraction of sp³-hybridized carbons (Fsp3) is 0.538. The number of rotatable bonds is 4. The third-order valence-electron chi connectivity index (χ3n) is 2.23. The SMILES string of the molecule is CC(C)(C)c1ccccc1OCCCF. The molecular formula is C13H19FO. The maximum Gasteiger partial charge on any atom is 0.123 e. The van der Waals surface area contributed by atoms with E-state index in [-0.39, 0.29) is 12.1 Å². The van der Waals surface area contributed by atoms with E-state index in [0.717, 1.165) is 5.75 Å². The molecule has 0 saturated carbocycles. The van der Waals surface area contributed by atoms with Crippen LogP contribution < -0.4 is 4.74 Å². The molecule has 0 amide bonds. The minimum Gasteiger partial charge on any atom is -0.493 e. The summed E-state index contributed by atoms with van der Waals surface area (Å²) >= 11 is 0. The monoisotopic (exact) mass is 210 g/mol. The first kappa shape index (κ1) is 12.0. The summed E-state index contributed by atoms with van der Waals surface area (Å²) in [7, 11) is 0. The van der Waals surface area contributed by atoms with E-state index in [1.807, 2.05) is 18.2 Å². The van der Waals surface area contributed by atoms with Gasteiger partial charge in [-0.05, 0) is 17.0 Å². The zero-order chi connectivity index (χ0) is 11.3. The van der Waals surface area contributed by atoms with Gasteiger partial charge in [-0.1, -0.05) is 39.0 Å². The van der Waals surface area contributed by atoms with Gasteiger partial charge in [-0.15, -0.1) is 0 Å². The largest absolute Gasteiger partial charge is 0.493 e. The van der Waals surface area contributed by atoms with Crippen LogP contribution in [-0.4, -0.2) is 13.3 Å². The molecule has 0 aliphatic heterocycles. The highest BCUT2D eigenvalue weighted by atomic mass is 19.1. The van der Waals surface area contributed by atoms with Gasteiger partial charge in [-0.25, -0.2) is 0 Å². The van der Waals surface area contributed by atoms with Gasteiger partial charge in [0.15, 0.2) is 0 Å². The molecule has 0 atom stereocenters. The highest BCUT2D eigenvalue weighted by molar-refractivity contribution is 5.38. The fourth-order valence-corrected chi connectivity index (χ4v) is 1.45. The molecule has 84 valence electrons. The van der Waals surface area contributed by atoms with E-state index >= 15 is 0 Å². The van der Waals surface area contributed by atoms with Gasteiger partial charge in [0.2, 0.25) is 0 Å². The Morgan fingerprint density at radius 2 is 1.87 bits per heavy atom. The van der Waals surface area contributed by atoms with E-state index in [1.165, 1.54) is 5.56 Å². The molecule has 0 radical (unpaired) electrons. The third-order valence-corrected chi connectivity index (χ3v) is 2.23. The van der Waals surface area contributed by atoms with E-state index in [4.69, 9.17) is 4.74 Å². The van der Waals surface area contributed by atoms with Crippen LogP contribution >= 0.6 is 0 Å². The Bertz CT molecular complexity index is 302. The van der Waals surface area contributed by atoms with Crippen molar-refractivity contribution in [2.45, 2.75) is 32.6 Å². The van der Waals surface area contributed by atoms with E-state index in [0.29, 0.717) is 13.0 Å². The van der Waals surface area contributed by atoms with Gasteiger partial charge in [0.1, 0.15) is 5.75 Å². The molecular weight excluding hydrogens is 191 g/mol. The van der Waals surface area contributed by atoms with Crippen molar-refractivity contribution >= 4 is 0 Å². The Hall–Kier alpha value is -1.05. The maximum absolute atomic E-state index is 12.0. The molecule has 0 spiro atoms. The summed E-state index contributed by atoms with van der Waals surface area (Å²) in [6.07, 6.45) is 0.457. The van der Waals surface area contributed by atoms with Crippen LogP contribution in [0.4, 0.5) is 4.39 Å². The smallest absolute Gasteiger partial charge is 0.123 e. The predicted octanol–water partition coefficient (Wildman–Crippen LogP) is 3.72. The number of hydrogen-bond donors (Lipinski definition) is 0. The number of halogens is 1. The highest BCUT2D eigenvalue weighted by Crippen LogP contribution is 2.30. The lowest BCUT2D eigenvalue weighted by Gasteiger charge is -2.22. The van der Waals surface area contributed by atoms with Crippen molar-refractivity contribution in [3.63, 3.8) is 0 Å². The van der Waals surface area contributed by atoms with Crippen LogP contribution in [-0.2, 0) is 5.41 Å². The van der Waals surface area contributed by atoms with Crippen LogP contribution in [0.1, 0.15) is 32.8 Å². The standard InChI is InChI=1S/C13H19FO/c1-13(2,3)11-7-4-5-8-12(11)15-10-6-9-14/h4-5,7-8H,6,9-10H2,1-3H3. The van der Waals surface area contributed by atoms with Crippen LogP contribution in [0, 0.1) is 0 Å². The number of alkyl halides is 1. The average Bonchev–Trinajstić information content (AvgIpc) is 2.17. The molecule has 0 aliphatic carbocycles. The van der Waals surface area contributed by atoms with E-state index < -0.39 is 0 Å². The minimum atomic E-state index is -0.322. The van der Waals surface area contributed by atoms with E-state index in [1.54, 1.807) is 0 Å². The molecule has 0 bridgehead atoms. The van der Waals surface area contributed by atoms with Crippen LogP contribution in [0.5, 0.6) is 5.75 Å². The first-order valence-electron chi connectivity index (χ1n) is 5.34. The molecule has 1 aromatic rings. The van der Waals surface area contributed by atoms with Crippen molar-refractivity contribution in [3.05, 3.63) is 29.8 Å². The predicted molar refractivity (Wildman–Crippen MR) is 61.2 cm³/mol. The number of hydrogen-bond acceptors (Lipinski definition) is 1. The van der Waals surface area contributed by atoms with Gasteiger partial charge in [-0.3, -0.25) is 4.39 Å². The third kappa shape index (κ3) is 3.54. The molecule has 0 aliphatic rings. The maximum atomic E-state index is 12.0. The molecule has 1 aromatic carbocycles. The summed E-state index contributed by atoms with van der Waals surface area (Å²) in [5.41, 5.74) is 1.23. The summed E-state index contributed by atoms with van der Waals surface area (Å²) in [6.45, 7) is 6.56. The zero-order valence-corrected chi connectivity index (χ0v) is 9.72. The van der Waals surface area contributed by atoms with Crippen LogP contribution in [0.2, 0.25) is 0 Å². The lowest BCUT2D eigenvalue weighted by Crippen LogP contribution is -2.13. The lowest BCUT2D eigenvalue weighted by atomic mass is 9.86. The second kappa shape index (κ2) is 5.15. The molecule has 1 rings (SSSR count). The first-order valence-corrected chi connectivity index (χ1v) is 5.34.